The lowest BCUT2D eigenvalue weighted by Crippen LogP contribution is -2.38. The van der Waals surface area contributed by atoms with Crippen LogP contribution in [0.15, 0.2) is 17.5 Å². The Labute approximate surface area is 110 Å². The van der Waals surface area contributed by atoms with E-state index in [2.05, 4.69) is 10.6 Å². The van der Waals surface area contributed by atoms with Crippen LogP contribution in [-0.2, 0) is 16.1 Å². The second-order valence-corrected chi connectivity index (χ2v) is 5.39. The van der Waals surface area contributed by atoms with Crippen molar-refractivity contribution >= 4 is 17.2 Å². The first-order valence-corrected chi connectivity index (χ1v) is 6.90. The van der Waals surface area contributed by atoms with Crippen molar-refractivity contribution in [1.29, 1.82) is 0 Å². The van der Waals surface area contributed by atoms with E-state index in [4.69, 9.17) is 4.74 Å². The maximum Gasteiger partial charge on any atom is 0.221 e. The zero-order valence-corrected chi connectivity index (χ0v) is 10.9. The summed E-state index contributed by atoms with van der Waals surface area (Å²) in [6.07, 6.45) is -0.0522. The number of carbonyl (C=O) groups is 1. The number of rotatable bonds is 7. The zero-order valence-electron chi connectivity index (χ0n) is 10.1. The first kappa shape index (κ1) is 13.5. The van der Waals surface area contributed by atoms with Crippen molar-refractivity contribution in [2.75, 3.05) is 19.7 Å². The molecule has 18 heavy (non-hydrogen) atoms. The van der Waals surface area contributed by atoms with Gasteiger partial charge in [0.2, 0.25) is 5.91 Å². The molecule has 1 aromatic rings. The van der Waals surface area contributed by atoms with E-state index in [0.717, 1.165) is 4.88 Å². The van der Waals surface area contributed by atoms with Crippen molar-refractivity contribution in [3.05, 3.63) is 22.4 Å². The summed E-state index contributed by atoms with van der Waals surface area (Å²) in [6, 6.07) is 4.11. The summed E-state index contributed by atoms with van der Waals surface area (Å²) in [5.74, 6) is 0.0657. The summed E-state index contributed by atoms with van der Waals surface area (Å²) in [5, 5.41) is 17.6. The maximum absolute atomic E-state index is 11.0. The van der Waals surface area contributed by atoms with E-state index >= 15 is 0 Å². The predicted molar refractivity (Wildman–Crippen MR) is 69.4 cm³/mol. The highest BCUT2D eigenvalue weighted by atomic mass is 32.1. The topological polar surface area (TPSA) is 70.6 Å². The number of thiophene rings is 1. The number of nitrogens with one attached hydrogen (secondary N) is 2. The first-order valence-electron chi connectivity index (χ1n) is 6.02. The Hall–Kier alpha value is -0.950. The minimum atomic E-state index is -0.541. The normalized spacial score (nSPS) is 20.9. The summed E-state index contributed by atoms with van der Waals surface area (Å²) < 4.78 is 5.41. The van der Waals surface area contributed by atoms with Gasteiger partial charge in [-0.1, -0.05) is 6.07 Å². The van der Waals surface area contributed by atoms with E-state index in [0.29, 0.717) is 32.7 Å². The van der Waals surface area contributed by atoms with Crippen LogP contribution in [0.1, 0.15) is 11.3 Å². The highest BCUT2D eigenvalue weighted by molar-refractivity contribution is 7.09. The minimum Gasteiger partial charge on any atom is -0.389 e. The molecule has 0 aliphatic carbocycles. The molecule has 1 aliphatic heterocycles. The van der Waals surface area contributed by atoms with Crippen LogP contribution in [0.4, 0.5) is 0 Å². The number of ether oxygens (including phenoxy) is 1. The Morgan fingerprint density at radius 1 is 1.67 bits per heavy atom. The van der Waals surface area contributed by atoms with E-state index in [1.165, 1.54) is 0 Å². The van der Waals surface area contributed by atoms with Crippen molar-refractivity contribution in [3.8, 4) is 0 Å². The first-order chi connectivity index (χ1) is 8.74. The lowest BCUT2D eigenvalue weighted by atomic mass is 10.2. The summed E-state index contributed by atoms with van der Waals surface area (Å²) in [5.41, 5.74) is 0. The van der Waals surface area contributed by atoms with E-state index in [-0.39, 0.29) is 11.9 Å². The van der Waals surface area contributed by atoms with Crippen LogP contribution in [0, 0.1) is 0 Å². The maximum atomic E-state index is 11.0. The fourth-order valence-corrected chi connectivity index (χ4v) is 2.44. The summed E-state index contributed by atoms with van der Waals surface area (Å²) in [6.45, 7) is 1.93. The number of amides is 1. The molecular formula is C12H18N2O3S. The summed E-state index contributed by atoms with van der Waals surface area (Å²) >= 11 is 1.64. The Morgan fingerprint density at radius 2 is 2.56 bits per heavy atom. The molecule has 1 aliphatic rings. The average Bonchev–Trinajstić information content (AvgIpc) is 2.98. The highest BCUT2D eigenvalue weighted by Crippen LogP contribution is 2.09. The van der Waals surface area contributed by atoms with Gasteiger partial charge in [-0.3, -0.25) is 4.79 Å². The van der Waals surface area contributed by atoms with E-state index in [1.807, 2.05) is 17.5 Å². The predicted octanol–water partition coefficient (Wildman–Crippen LogP) is 0.104. The van der Waals surface area contributed by atoms with Gasteiger partial charge in [-0.25, -0.2) is 0 Å². The van der Waals surface area contributed by atoms with Crippen molar-refractivity contribution in [3.63, 3.8) is 0 Å². The van der Waals surface area contributed by atoms with E-state index in [9.17, 15) is 9.90 Å². The third-order valence-electron chi connectivity index (χ3n) is 2.75. The fourth-order valence-electron chi connectivity index (χ4n) is 1.80. The Balaban J connectivity index is 1.55. The van der Waals surface area contributed by atoms with Crippen LogP contribution < -0.4 is 10.6 Å². The molecule has 2 unspecified atom stereocenters. The number of aliphatic hydroxyl groups is 1. The molecule has 3 N–H and O–H groups in total. The average molecular weight is 270 g/mol. The van der Waals surface area contributed by atoms with E-state index < -0.39 is 6.10 Å². The van der Waals surface area contributed by atoms with Crippen molar-refractivity contribution in [2.45, 2.75) is 25.2 Å². The van der Waals surface area contributed by atoms with Gasteiger partial charge in [0.25, 0.3) is 0 Å². The largest absolute Gasteiger partial charge is 0.389 e. The standard InChI is InChI=1S/C12H18N2O3S/c15-10(6-13-9-4-12(16)14-5-9)7-17-8-11-2-1-3-18-11/h1-3,9-10,13,15H,4-8H2,(H,14,16). The zero-order chi connectivity index (χ0) is 12.8. The quantitative estimate of drug-likeness (QED) is 0.657. The molecule has 1 fully saturated rings. The lowest BCUT2D eigenvalue weighted by molar-refractivity contribution is -0.119. The third kappa shape index (κ3) is 4.38. The van der Waals surface area contributed by atoms with Gasteiger partial charge >= 0.3 is 0 Å². The molecule has 2 atom stereocenters. The minimum absolute atomic E-state index is 0.0657. The molecule has 5 nitrogen and oxygen atoms in total. The third-order valence-corrected chi connectivity index (χ3v) is 3.60. The van der Waals surface area contributed by atoms with Crippen LogP contribution in [0.25, 0.3) is 0 Å². The molecule has 1 amide bonds. The molecule has 1 saturated heterocycles. The number of hydrogen-bond donors (Lipinski definition) is 3. The fraction of sp³-hybridized carbons (Fsp3) is 0.583. The van der Waals surface area contributed by atoms with Crippen LogP contribution in [0.2, 0.25) is 0 Å². The Bertz CT molecular complexity index is 369. The van der Waals surface area contributed by atoms with Crippen molar-refractivity contribution < 1.29 is 14.6 Å². The molecule has 0 bridgehead atoms. The molecule has 0 saturated carbocycles. The second kappa shape index (κ2) is 6.84. The van der Waals surface area contributed by atoms with Crippen molar-refractivity contribution in [2.24, 2.45) is 0 Å². The monoisotopic (exact) mass is 270 g/mol. The molecule has 0 spiro atoms. The van der Waals surface area contributed by atoms with Gasteiger partial charge in [-0.05, 0) is 11.4 Å². The molecule has 2 rings (SSSR count). The summed E-state index contributed by atoms with van der Waals surface area (Å²) in [4.78, 5) is 12.1. The smallest absolute Gasteiger partial charge is 0.221 e. The van der Waals surface area contributed by atoms with Crippen LogP contribution >= 0.6 is 11.3 Å². The summed E-state index contributed by atoms with van der Waals surface area (Å²) in [7, 11) is 0. The Morgan fingerprint density at radius 3 is 3.22 bits per heavy atom. The molecule has 100 valence electrons. The molecule has 1 aromatic heterocycles. The van der Waals surface area contributed by atoms with Gasteiger partial charge < -0.3 is 20.5 Å². The van der Waals surface area contributed by atoms with E-state index in [1.54, 1.807) is 11.3 Å². The van der Waals surface area contributed by atoms with Crippen LogP contribution in [-0.4, -0.2) is 42.9 Å². The number of carbonyl (C=O) groups excluding carboxylic acids is 1. The Kier molecular flexibility index (Phi) is 5.12. The number of aliphatic hydroxyl groups excluding tert-OH is 1. The highest BCUT2D eigenvalue weighted by Gasteiger charge is 2.21. The van der Waals surface area contributed by atoms with Gasteiger partial charge in [0.05, 0.1) is 19.3 Å². The molecular weight excluding hydrogens is 252 g/mol. The molecule has 0 radical (unpaired) electrons. The van der Waals surface area contributed by atoms with Gasteiger partial charge in [0.1, 0.15) is 0 Å². The van der Waals surface area contributed by atoms with Crippen molar-refractivity contribution in [1.82, 2.24) is 10.6 Å². The second-order valence-electron chi connectivity index (χ2n) is 4.36. The van der Waals surface area contributed by atoms with Crippen LogP contribution in [0.3, 0.4) is 0 Å². The number of hydrogen-bond acceptors (Lipinski definition) is 5. The van der Waals surface area contributed by atoms with Gasteiger partial charge in [0.15, 0.2) is 0 Å². The van der Waals surface area contributed by atoms with Crippen LogP contribution in [0.5, 0.6) is 0 Å². The van der Waals surface area contributed by atoms with Gasteiger partial charge in [-0.2, -0.15) is 0 Å². The molecule has 6 heteroatoms. The SMILES string of the molecule is O=C1CC(NCC(O)COCc2cccs2)CN1. The van der Waals surface area contributed by atoms with Gasteiger partial charge in [-0.15, -0.1) is 11.3 Å². The van der Waals surface area contributed by atoms with Gasteiger partial charge in [0, 0.05) is 30.4 Å². The molecule has 0 aromatic carbocycles. The lowest BCUT2D eigenvalue weighted by Gasteiger charge is -2.15. The molecule has 2 heterocycles.